The summed E-state index contributed by atoms with van der Waals surface area (Å²) in [6, 6.07) is 4.24. The van der Waals surface area contributed by atoms with Crippen LogP contribution < -0.4 is 4.74 Å². The molecule has 1 saturated carbocycles. The largest absolute Gasteiger partial charge is 0.504 e. The highest BCUT2D eigenvalue weighted by molar-refractivity contribution is 5.67. The second-order valence-corrected chi connectivity index (χ2v) is 12.2. The average molecular weight is 468 g/mol. The van der Waals surface area contributed by atoms with E-state index in [0.717, 1.165) is 45.1 Å². The lowest BCUT2D eigenvalue weighted by Gasteiger charge is -2.75. The molecule has 7 atom stereocenters. The van der Waals surface area contributed by atoms with Crippen molar-refractivity contribution in [3.8, 4) is 11.5 Å². The number of ether oxygens (including phenoxy) is 2. The molecule has 7 rings (SSSR count). The number of phenolic OH excluding ortho intramolecular Hbond substituents is 1. The van der Waals surface area contributed by atoms with Gasteiger partial charge < -0.3 is 24.6 Å². The van der Waals surface area contributed by atoms with Crippen LogP contribution in [0.15, 0.2) is 24.3 Å². The zero-order valence-corrected chi connectivity index (χ0v) is 21.5. The molecule has 186 valence electrons. The van der Waals surface area contributed by atoms with Crippen molar-refractivity contribution in [3.63, 3.8) is 0 Å². The number of hydrogen-bond donors (Lipinski definition) is 2. The molecule has 2 fully saturated rings. The number of nitrogens with zero attached hydrogens (tertiary/aromatic N) is 1. The standard InChI is InChI=1S/C29H41NO4/c1-6-7-8-9-12-25(2,32)21-18-27-13-14-29(21,33-5)26(3)28(27)15-16-30(4)22(27)17-19-10-11-20(31)24(34-26)23(19)28/h10-11,13-14,21-22,31-32H,6-9,12,15-18H2,1-5H3/t21-,22-,25-,26+,27+,28-,29-/m0/s1. The van der Waals surface area contributed by atoms with Crippen molar-refractivity contribution in [3.05, 3.63) is 35.4 Å². The highest BCUT2D eigenvalue weighted by Gasteiger charge is 2.85. The number of aliphatic hydroxyl groups is 1. The van der Waals surface area contributed by atoms with Crippen LogP contribution in [-0.2, 0) is 16.6 Å². The quantitative estimate of drug-likeness (QED) is 0.449. The van der Waals surface area contributed by atoms with Gasteiger partial charge in [0.15, 0.2) is 11.5 Å². The molecular weight excluding hydrogens is 426 g/mol. The Morgan fingerprint density at radius 3 is 2.76 bits per heavy atom. The Morgan fingerprint density at radius 2 is 2.03 bits per heavy atom. The van der Waals surface area contributed by atoms with Gasteiger partial charge in [-0.25, -0.2) is 0 Å². The summed E-state index contributed by atoms with van der Waals surface area (Å²) in [7, 11) is 4.04. The molecule has 34 heavy (non-hydrogen) atoms. The van der Waals surface area contributed by atoms with Gasteiger partial charge in [0, 0.05) is 30.0 Å². The van der Waals surface area contributed by atoms with Crippen LogP contribution >= 0.6 is 0 Å². The molecule has 5 nitrogen and oxygen atoms in total. The first-order chi connectivity index (χ1) is 16.1. The molecule has 0 aromatic heterocycles. The Labute approximate surface area is 204 Å². The first-order valence-corrected chi connectivity index (χ1v) is 13.4. The van der Waals surface area contributed by atoms with Crippen LogP contribution in [0.2, 0.25) is 0 Å². The number of aromatic hydroxyl groups is 1. The van der Waals surface area contributed by atoms with E-state index in [1.54, 1.807) is 13.2 Å². The van der Waals surface area contributed by atoms with Gasteiger partial charge in [0.1, 0.15) is 11.2 Å². The summed E-state index contributed by atoms with van der Waals surface area (Å²) in [4.78, 5) is 2.53. The molecule has 4 aliphatic carbocycles. The number of hydrogen-bond acceptors (Lipinski definition) is 5. The van der Waals surface area contributed by atoms with Crippen LogP contribution in [-0.4, -0.2) is 58.7 Å². The Kier molecular flexibility index (Phi) is 4.72. The number of methoxy groups -OCH3 is 1. The minimum absolute atomic E-state index is 0.0956. The molecule has 4 bridgehead atoms. The predicted octanol–water partition coefficient (Wildman–Crippen LogP) is 4.72. The summed E-state index contributed by atoms with van der Waals surface area (Å²) in [5, 5.41) is 23.0. The van der Waals surface area contributed by atoms with E-state index in [0.29, 0.717) is 11.8 Å². The lowest BCUT2D eigenvalue weighted by atomic mass is 9.32. The van der Waals surface area contributed by atoms with Crippen LogP contribution in [0.4, 0.5) is 0 Å². The second-order valence-electron chi connectivity index (χ2n) is 12.2. The molecule has 0 radical (unpaired) electrons. The summed E-state index contributed by atoms with van der Waals surface area (Å²) in [5.41, 5.74) is -0.295. The van der Waals surface area contributed by atoms with Gasteiger partial charge in [-0.15, -0.1) is 0 Å². The first kappa shape index (κ1) is 22.9. The molecular formula is C29H41NO4. The van der Waals surface area contributed by atoms with Gasteiger partial charge in [0.05, 0.1) is 11.0 Å². The maximum absolute atomic E-state index is 12.1. The average Bonchev–Trinajstić information content (AvgIpc) is 3.11. The van der Waals surface area contributed by atoms with Gasteiger partial charge in [-0.1, -0.05) is 50.8 Å². The molecule has 2 spiro atoms. The van der Waals surface area contributed by atoms with Crippen molar-refractivity contribution in [2.24, 2.45) is 11.3 Å². The molecule has 2 heterocycles. The smallest absolute Gasteiger partial charge is 0.166 e. The van der Waals surface area contributed by atoms with Gasteiger partial charge in [-0.3, -0.25) is 0 Å². The van der Waals surface area contributed by atoms with Crippen molar-refractivity contribution in [2.45, 2.75) is 100 Å². The van der Waals surface area contributed by atoms with E-state index in [1.807, 2.05) is 6.92 Å². The van der Waals surface area contributed by atoms with Crippen molar-refractivity contribution in [2.75, 3.05) is 20.7 Å². The zero-order valence-electron chi connectivity index (χ0n) is 21.5. The molecule has 1 saturated heterocycles. The van der Waals surface area contributed by atoms with Gasteiger partial charge >= 0.3 is 0 Å². The first-order valence-electron chi connectivity index (χ1n) is 13.4. The Hall–Kier alpha value is -1.56. The molecule has 0 amide bonds. The maximum atomic E-state index is 12.1. The number of unbranched alkanes of at least 4 members (excludes halogenated alkanes) is 3. The second kappa shape index (κ2) is 7.02. The van der Waals surface area contributed by atoms with Gasteiger partial charge in [0.2, 0.25) is 0 Å². The lowest BCUT2D eigenvalue weighted by Crippen LogP contribution is -2.85. The molecule has 5 heteroatoms. The van der Waals surface area contributed by atoms with Gasteiger partial charge in [0.25, 0.3) is 0 Å². The minimum atomic E-state index is -0.876. The van der Waals surface area contributed by atoms with E-state index in [-0.39, 0.29) is 22.5 Å². The normalized spacial score (nSPS) is 42.9. The summed E-state index contributed by atoms with van der Waals surface area (Å²) < 4.78 is 13.5. The Morgan fingerprint density at radius 1 is 1.24 bits per heavy atom. The highest BCUT2D eigenvalue weighted by Crippen LogP contribution is 2.79. The van der Waals surface area contributed by atoms with Crippen LogP contribution in [0.5, 0.6) is 11.5 Å². The summed E-state index contributed by atoms with van der Waals surface area (Å²) in [6.07, 6.45) is 12.8. The van der Waals surface area contributed by atoms with E-state index in [2.05, 4.69) is 44.0 Å². The zero-order chi connectivity index (χ0) is 24.1. The fourth-order valence-corrected chi connectivity index (χ4v) is 9.47. The van der Waals surface area contributed by atoms with Crippen molar-refractivity contribution in [1.82, 2.24) is 4.90 Å². The summed E-state index contributed by atoms with van der Waals surface area (Å²) >= 11 is 0. The highest BCUT2D eigenvalue weighted by atomic mass is 16.6. The molecule has 1 aromatic rings. The topological polar surface area (TPSA) is 62.2 Å². The lowest BCUT2D eigenvalue weighted by molar-refractivity contribution is -0.286. The van der Waals surface area contributed by atoms with Crippen LogP contribution in [0.3, 0.4) is 0 Å². The third-order valence-corrected chi connectivity index (χ3v) is 11.0. The van der Waals surface area contributed by atoms with E-state index in [9.17, 15) is 10.2 Å². The van der Waals surface area contributed by atoms with Crippen LogP contribution in [0, 0.1) is 11.3 Å². The third-order valence-electron chi connectivity index (χ3n) is 11.0. The van der Waals surface area contributed by atoms with E-state index in [1.165, 1.54) is 24.0 Å². The monoisotopic (exact) mass is 467 g/mol. The van der Waals surface area contributed by atoms with E-state index >= 15 is 0 Å². The molecule has 1 aromatic carbocycles. The maximum Gasteiger partial charge on any atom is 0.166 e. The van der Waals surface area contributed by atoms with Crippen molar-refractivity contribution in [1.29, 1.82) is 0 Å². The number of fused-ring (bicyclic) bond motifs is 1. The number of rotatable bonds is 7. The summed E-state index contributed by atoms with van der Waals surface area (Å²) in [5.74, 6) is 0.785. The number of likely N-dealkylation sites (N-methyl/N-ethyl adjacent to an activating group) is 1. The van der Waals surface area contributed by atoms with Gasteiger partial charge in [-0.2, -0.15) is 0 Å². The SMILES string of the molecule is CCCCCC[C@](C)(O)[C@@H]1C[C@@]23C=C[C@@]1(OC)[C@]1(C)Oc4c(O)ccc5c4[C@@]12CCN(C)[C@H]3C5. The fraction of sp³-hybridized carbons (Fsp3) is 0.724. The van der Waals surface area contributed by atoms with Crippen molar-refractivity contribution < 1.29 is 19.7 Å². The fourth-order valence-electron chi connectivity index (χ4n) is 9.47. The van der Waals surface area contributed by atoms with E-state index < -0.39 is 16.8 Å². The Bertz CT molecular complexity index is 1050. The van der Waals surface area contributed by atoms with Gasteiger partial charge in [-0.05, 0) is 64.8 Å². The van der Waals surface area contributed by atoms with E-state index in [4.69, 9.17) is 9.47 Å². The number of likely N-dealkylation sites (tertiary alicyclic amines) is 1. The van der Waals surface area contributed by atoms with Crippen LogP contribution in [0.1, 0.15) is 76.8 Å². The van der Waals surface area contributed by atoms with Crippen LogP contribution in [0.25, 0.3) is 0 Å². The number of phenols is 1. The molecule has 0 unspecified atom stereocenters. The van der Waals surface area contributed by atoms with Crippen molar-refractivity contribution >= 4 is 0 Å². The minimum Gasteiger partial charge on any atom is -0.504 e. The third kappa shape index (κ3) is 2.29. The summed E-state index contributed by atoms with van der Waals surface area (Å²) in [6.45, 7) is 7.45. The number of benzene rings is 1. The number of piperidine rings is 1. The molecule has 2 aliphatic heterocycles. The molecule has 6 aliphatic rings. The Balaban J connectivity index is 1.56. The predicted molar refractivity (Wildman–Crippen MR) is 132 cm³/mol. The molecule has 2 N–H and O–H groups in total.